The summed E-state index contributed by atoms with van der Waals surface area (Å²) in [6, 6.07) is 10.1. The molecule has 0 aliphatic rings. The van der Waals surface area contributed by atoms with Crippen molar-refractivity contribution in [1.82, 2.24) is 4.98 Å². The standard InChI is InChI=1S/C17H20N2OS/c1-11(2)14-5-4-12(3)8-16(14)20-10-13-6-7-19-15(9-13)17(18)21/h4-9,11H,10H2,1-3H3,(H2,18,21). The number of aryl methyl sites for hydroxylation is 1. The molecule has 1 aromatic carbocycles. The van der Waals surface area contributed by atoms with Crippen LogP contribution in [0.4, 0.5) is 0 Å². The molecule has 1 aromatic heterocycles. The summed E-state index contributed by atoms with van der Waals surface area (Å²) in [5.74, 6) is 1.35. The molecule has 0 atom stereocenters. The topological polar surface area (TPSA) is 48.1 Å². The Hall–Kier alpha value is -1.94. The van der Waals surface area contributed by atoms with Gasteiger partial charge in [0.1, 0.15) is 17.3 Å². The van der Waals surface area contributed by atoms with Gasteiger partial charge in [-0.15, -0.1) is 0 Å². The van der Waals surface area contributed by atoms with Crippen LogP contribution in [0.5, 0.6) is 5.75 Å². The molecule has 21 heavy (non-hydrogen) atoms. The minimum Gasteiger partial charge on any atom is -0.489 e. The third kappa shape index (κ3) is 4.02. The van der Waals surface area contributed by atoms with Crippen LogP contribution in [0.15, 0.2) is 36.5 Å². The minimum absolute atomic E-state index is 0.301. The molecule has 110 valence electrons. The van der Waals surface area contributed by atoms with E-state index in [4.69, 9.17) is 22.7 Å². The monoisotopic (exact) mass is 300 g/mol. The first-order valence-electron chi connectivity index (χ1n) is 6.95. The first-order valence-corrected chi connectivity index (χ1v) is 7.36. The summed E-state index contributed by atoms with van der Waals surface area (Å²) in [6.45, 7) is 6.86. The number of rotatable bonds is 5. The van der Waals surface area contributed by atoms with Crippen LogP contribution in [0, 0.1) is 6.92 Å². The van der Waals surface area contributed by atoms with Gasteiger partial charge in [-0.1, -0.05) is 38.2 Å². The van der Waals surface area contributed by atoms with Gasteiger partial charge in [0.05, 0.1) is 5.69 Å². The van der Waals surface area contributed by atoms with E-state index in [0.717, 1.165) is 11.3 Å². The fourth-order valence-corrected chi connectivity index (χ4v) is 2.22. The van der Waals surface area contributed by atoms with E-state index in [1.165, 1.54) is 11.1 Å². The lowest BCUT2D eigenvalue weighted by molar-refractivity contribution is 0.301. The van der Waals surface area contributed by atoms with Crippen molar-refractivity contribution >= 4 is 17.2 Å². The molecule has 2 aromatic rings. The predicted octanol–water partition coefficient (Wildman–Crippen LogP) is 3.73. The molecule has 4 heteroatoms. The van der Waals surface area contributed by atoms with Crippen LogP contribution in [0.25, 0.3) is 0 Å². The number of thiocarbonyl (C=S) groups is 1. The highest BCUT2D eigenvalue weighted by Crippen LogP contribution is 2.28. The maximum Gasteiger partial charge on any atom is 0.123 e. The Morgan fingerprint density at radius 3 is 2.71 bits per heavy atom. The Morgan fingerprint density at radius 1 is 1.29 bits per heavy atom. The lowest BCUT2D eigenvalue weighted by Crippen LogP contribution is -2.12. The third-order valence-corrected chi connectivity index (χ3v) is 3.47. The molecule has 2 N–H and O–H groups in total. The van der Waals surface area contributed by atoms with Crippen LogP contribution in [0.3, 0.4) is 0 Å². The van der Waals surface area contributed by atoms with Crippen molar-refractivity contribution in [2.45, 2.75) is 33.3 Å². The highest BCUT2D eigenvalue weighted by atomic mass is 32.1. The van der Waals surface area contributed by atoms with Gasteiger partial charge >= 0.3 is 0 Å². The van der Waals surface area contributed by atoms with Crippen LogP contribution in [0.1, 0.15) is 42.1 Å². The maximum atomic E-state index is 5.99. The second-order valence-corrected chi connectivity index (χ2v) is 5.84. The average Bonchev–Trinajstić information content (AvgIpc) is 2.45. The molecule has 0 bridgehead atoms. The van der Waals surface area contributed by atoms with E-state index in [2.05, 4.69) is 44.0 Å². The number of nitrogens with two attached hydrogens (primary N) is 1. The van der Waals surface area contributed by atoms with Gasteiger partial charge in [0.2, 0.25) is 0 Å². The Balaban J connectivity index is 2.18. The van der Waals surface area contributed by atoms with E-state index < -0.39 is 0 Å². The number of hydrogen-bond acceptors (Lipinski definition) is 3. The van der Waals surface area contributed by atoms with Gasteiger partial charge in [0.15, 0.2) is 0 Å². The molecule has 1 heterocycles. The summed E-state index contributed by atoms with van der Waals surface area (Å²) in [7, 11) is 0. The van der Waals surface area contributed by atoms with Crippen LogP contribution in [-0.2, 0) is 6.61 Å². The van der Waals surface area contributed by atoms with E-state index in [9.17, 15) is 0 Å². The Kier molecular flexibility index (Phi) is 4.91. The van der Waals surface area contributed by atoms with Gasteiger partial charge in [-0.3, -0.25) is 4.98 Å². The molecule has 0 fully saturated rings. The molecule has 3 nitrogen and oxygen atoms in total. The fourth-order valence-electron chi connectivity index (χ4n) is 2.10. The second kappa shape index (κ2) is 6.68. The summed E-state index contributed by atoms with van der Waals surface area (Å²) in [4.78, 5) is 4.43. The summed E-state index contributed by atoms with van der Waals surface area (Å²) >= 11 is 4.95. The minimum atomic E-state index is 0.301. The molecule has 0 unspecified atom stereocenters. The van der Waals surface area contributed by atoms with Crippen molar-refractivity contribution in [2.75, 3.05) is 0 Å². The Morgan fingerprint density at radius 2 is 2.05 bits per heavy atom. The van der Waals surface area contributed by atoms with Crippen molar-refractivity contribution in [3.05, 3.63) is 58.9 Å². The van der Waals surface area contributed by atoms with E-state index in [1.54, 1.807) is 6.20 Å². The number of ether oxygens (including phenoxy) is 1. The Labute approximate surface area is 131 Å². The quantitative estimate of drug-likeness (QED) is 0.855. The molecule has 0 aliphatic heterocycles. The zero-order valence-corrected chi connectivity index (χ0v) is 13.4. The van der Waals surface area contributed by atoms with Crippen LogP contribution >= 0.6 is 12.2 Å². The SMILES string of the molecule is Cc1ccc(C(C)C)c(OCc2ccnc(C(N)=S)c2)c1. The molecule has 0 spiro atoms. The van der Waals surface area contributed by atoms with Crippen molar-refractivity contribution < 1.29 is 4.74 Å². The van der Waals surface area contributed by atoms with Crippen LogP contribution in [0.2, 0.25) is 0 Å². The van der Waals surface area contributed by atoms with E-state index >= 15 is 0 Å². The van der Waals surface area contributed by atoms with E-state index in [-0.39, 0.29) is 0 Å². The van der Waals surface area contributed by atoms with Crippen molar-refractivity contribution in [2.24, 2.45) is 5.73 Å². The zero-order valence-electron chi connectivity index (χ0n) is 12.6. The number of hydrogen-bond donors (Lipinski definition) is 1. The normalized spacial score (nSPS) is 10.7. The van der Waals surface area contributed by atoms with E-state index in [0.29, 0.717) is 23.2 Å². The lowest BCUT2D eigenvalue weighted by Gasteiger charge is -2.15. The maximum absolute atomic E-state index is 5.99. The van der Waals surface area contributed by atoms with E-state index in [1.807, 2.05) is 12.1 Å². The predicted molar refractivity (Wildman–Crippen MR) is 89.7 cm³/mol. The van der Waals surface area contributed by atoms with Crippen molar-refractivity contribution in [3.8, 4) is 5.75 Å². The zero-order chi connectivity index (χ0) is 15.4. The van der Waals surface area contributed by atoms with Crippen molar-refractivity contribution in [1.29, 1.82) is 0 Å². The summed E-state index contributed by atoms with van der Waals surface area (Å²) in [6.07, 6.45) is 1.70. The Bertz CT molecular complexity index is 653. The molecule has 0 saturated carbocycles. The van der Waals surface area contributed by atoms with Crippen molar-refractivity contribution in [3.63, 3.8) is 0 Å². The smallest absolute Gasteiger partial charge is 0.123 e. The van der Waals surface area contributed by atoms with Crippen LogP contribution < -0.4 is 10.5 Å². The highest BCUT2D eigenvalue weighted by Gasteiger charge is 2.09. The third-order valence-electron chi connectivity index (χ3n) is 3.26. The van der Waals surface area contributed by atoms with Gasteiger partial charge < -0.3 is 10.5 Å². The van der Waals surface area contributed by atoms with Crippen LogP contribution in [-0.4, -0.2) is 9.97 Å². The first kappa shape index (κ1) is 15.4. The fraction of sp³-hybridized carbons (Fsp3) is 0.294. The first-order chi connectivity index (χ1) is 9.97. The van der Waals surface area contributed by atoms with Gasteiger partial charge in [-0.2, -0.15) is 0 Å². The molecule has 0 aliphatic carbocycles. The van der Waals surface area contributed by atoms with Gasteiger partial charge in [-0.25, -0.2) is 0 Å². The summed E-state index contributed by atoms with van der Waals surface area (Å²) < 4.78 is 5.99. The molecular formula is C17H20N2OS. The number of aromatic nitrogens is 1. The molecular weight excluding hydrogens is 280 g/mol. The molecule has 0 amide bonds. The highest BCUT2D eigenvalue weighted by molar-refractivity contribution is 7.80. The lowest BCUT2D eigenvalue weighted by atomic mass is 10.0. The van der Waals surface area contributed by atoms with Gasteiger partial charge in [0.25, 0.3) is 0 Å². The second-order valence-electron chi connectivity index (χ2n) is 5.40. The summed E-state index contributed by atoms with van der Waals surface area (Å²) in [5.41, 5.74) is 9.63. The molecule has 0 saturated heterocycles. The number of benzene rings is 1. The number of pyridine rings is 1. The van der Waals surface area contributed by atoms with Gasteiger partial charge in [-0.05, 0) is 47.7 Å². The van der Waals surface area contributed by atoms with Gasteiger partial charge in [0, 0.05) is 6.20 Å². The number of nitrogens with zero attached hydrogens (tertiary/aromatic N) is 1. The molecule has 0 radical (unpaired) electrons. The average molecular weight is 300 g/mol. The molecule has 2 rings (SSSR count). The summed E-state index contributed by atoms with van der Waals surface area (Å²) in [5, 5.41) is 0. The largest absolute Gasteiger partial charge is 0.489 e.